The van der Waals surface area contributed by atoms with Gasteiger partial charge in [0, 0.05) is 40.5 Å². The maximum absolute atomic E-state index is 10.8. The number of nitrogens with zero attached hydrogens (tertiary/aromatic N) is 4. The molecular formula is C19H16N6O2. The van der Waals surface area contributed by atoms with Crippen LogP contribution in [0.2, 0.25) is 0 Å². The van der Waals surface area contributed by atoms with E-state index in [0.29, 0.717) is 11.6 Å². The molecule has 0 spiro atoms. The molecule has 0 aliphatic carbocycles. The first-order valence-corrected chi connectivity index (χ1v) is 8.45. The zero-order valence-corrected chi connectivity index (χ0v) is 14.5. The maximum Gasteiger partial charge on any atom is 0.269 e. The summed E-state index contributed by atoms with van der Waals surface area (Å²) in [6.07, 6.45) is 2.51. The van der Waals surface area contributed by atoms with Crippen LogP contribution in [0.4, 0.5) is 17.2 Å². The van der Waals surface area contributed by atoms with Crippen LogP contribution in [0.25, 0.3) is 22.3 Å². The first-order valence-electron chi connectivity index (χ1n) is 8.45. The summed E-state index contributed by atoms with van der Waals surface area (Å²) in [6, 6.07) is 14.0. The number of hydrogen-bond acceptors (Lipinski definition) is 6. The van der Waals surface area contributed by atoms with Crippen LogP contribution in [0.5, 0.6) is 0 Å². The Morgan fingerprint density at radius 3 is 2.67 bits per heavy atom. The first-order chi connectivity index (χ1) is 13.1. The molecule has 4 aromatic rings. The highest BCUT2D eigenvalue weighted by Gasteiger charge is 2.10. The fraction of sp³-hybridized carbons (Fsp3) is 0.105. The number of hydrogen-bond donors (Lipinski definition) is 2. The molecule has 0 aliphatic rings. The Morgan fingerprint density at radius 1 is 1.11 bits per heavy atom. The number of nitro groups is 1. The summed E-state index contributed by atoms with van der Waals surface area (Å²) in [5.74, 6) is 1.19. The summed E-state index contributed by atoms with van der Waals surface area (Å²) in [6.45, 7) is 2.02. The lowest BCUT2D eigenvalue weighted by Gasteiger charge is -2.10. The predicted octanol–water partition coefficient (Wildman–Crippen LogP) is 4.23. The smallest absolute Gasteiger partial charge is 0.269 e. The largest absolute Gasteiger partial charge is 0.340 e. The van der Waals surface area contributed by atoms with Gasteiger partial charge in [-0.3, -0.25) is 15.2 Å². The lowest BCUT2D eigenvalue weighted by atomic mass is 10.2. The van der Waals surface area contributed by atoms with Crippen molar-refractivity contribution in [2.45, 2.75) is 13.3 Å². The van der Waals surface area contributed by atoms with Crippen LogP contribution in [0.15, 0.2) is 54.7 Å². The molecule has 134 valence electrons. The summed E-state index contributed by atoms with van der Waals surface area (Å²) in [7, 11) is 0. The van der Waals surface area contributed by atoms with Crippen LogP contribution in [0.1, 0.15) is 12.6 Å². The zero-order valence-electron chi connectivity index (χ0n) is 14.5. The van der Waals surface area contributed by atoms with Gasteiger partial charge in [0.2, 0.25) is 0 Å². The number of non-ortho nitro benzene ring substituents is 1. The van der Waals surface area contributed by atoms with Crippen molar-refractivity contribution >= 4 is 28.1 Å². The molecule has 27 heavy (non-hydrogen) atoms. The molecule has 0 saturated carbocycles. The molecule has 2 aromatic carbocycles. The Balaban J connectivity index is 1.68. The average molecular weight is 360 g/mol. The Bertz CT molecular complexity index is 1120. The fourth-order valence-corrected chi connectivity index (χ4v) is 2.77. The molecule has 0 radical (unpaired) electrons. The third kappa shape index (κ3) is 3.45. The van der Waals surface area contributed by atoms with E-state index in [1.165, 1.54) is 12.1 Å². The minimum atomic E-state index is -0.425. The molecule has 4 rings (SSSR count). The fourth-order valence-electron chi connectivity index (χ4n) is 2.77. The zero-order chi connectivity index (χ0) is 18.8. The average Bonchev–Trinajstić information content (AvgIpc) is 3.15. The second-order valence-corrected chi connectivity index (χ2v) is 6.02. The number of fused-ring (bicyclic) bond motifs is 1. The summed E-state index contributed by atoms with van der Waals surface area (Å²) in [5, 5.41) is 22.1. The van der Waals surface area contributed by atoms with Gasteiger partial charge >= 0.3 is 0 Å². The van der Waals surface area contributed by atoms with E-state index in [1.807, 2.05) is 31.2 Å². The number of aromatic nitrogens is 4. The number of anilines is 2. The molecule has 0 unspecified atom stereocenters. The van der Waals surface area contributed by atoms with Gasteiger partial charge in [0.05, 0.1) is 16.6 Å². The van der Waals surface area contributed by atoms with Crippen molar-refractivity contribution in [3.05, 3.63) is 70.5 Å². The van der Waals surface area contributed by atoms with Gasteiger partial charge in [0.15, 0.2) is 5.82 Å². The quantitative estimate of drug-likeness (QED) is 0.407. The molecule has 0 aliphatic heterocycles. The highest BCUT2D eigenvalue weighted by atomic mass is 16.6. The topological polar surface area (TPSA) is 110 Å². The standard InChI is InChI=1S/C19H16N6O2/c1-2-14-10-18(21-15-5-8-17-13(9-15)11-20-24-17)23-19(22-14)12-3-6-16(7-4-12)25(26)27/h3-11H,2H2,1H3,(H,20,24)(H,21,22,23). The van der Waals surface area contributed by atoms with Crippen molar-refractivity contribution in [1.29, 1.82) is 0 Å². The van der Waals surface area contributed by atoms with E-state index < -0.39 is 4.92 Å². The van der Waals surface area contributed by atoms with E-state index in [-0.39, 0.29) is 5.69 Å². The van der Waals surface area contributed by atoms with E-state index in [0.717, 1.165) is 34.3 Å². The van der Waals surface area contributed by atoms with Crippen molar-refractivity contribution in [2.75, 3.05) is 5.32 Å². The van der Waals surface area contributed by atoms with Crippen molar-refractivity contribution < 1.29 is 4.92 Å². The van der Waals surface area contributed by atoms with Gasteiger partial charge in [-0.25, -0.2) is 9.97 Å². The van der Waals surface area contributed by atoms with Crippen molar-refractivity contribution in [1.82, 2.24) is 20.2 Å². The molecule has 0 atom stereocenters. The van der Waals surface area contributed by atoms with Gasteiger partial charge in [-0.15, -0.1) is 0 Å². The van der Waals surface area contributed by atoms with E-state index in [4.69, 9.17) is 0 Å². The number of nitro benzene ring substituents is 1. The Hall–Kier alpha value is -3.81. The number of aryl methyl sites for hydroxylation is 1. The SMILES string of the molecule is CCc1cc(Nc2ccc3[nH]ncc3c2)nc(-c2ccc([N+](=O)[O-])cc2)n1. The van der Waals surface area contributed by atoms with Crippen molar-refractivity contribution in [3.8, 4) is 11.4 Å². The number of aromatic amines is 1. The van der Waals surface area contributed by atoms with Gasteiger partial charge in [-0.1, -0.05) is 6.92 Å². The van der Waals surface area contributed by atoms with Crippen LogP contribution in [-0.2, 0) is 6.42 Å². The van der Waals surface area contributed by atoms with Crippen LogP contribution >= 0.6 is 0 Å². The number of benzene rings is 2. The van der Waals surface area contributed by atoms with Gasteiger partial charge in [-0.05, 0) is 36.8 Å². The monoisotopic (exact) mass is 360 g/mol. The lowest BCUT2D eigenvalue weighted by molar-refractivity contribution is -0.384. The third-order valence-electron chi connectivity index (χ3n) is 4.19. The molecule has 2 aromatic heterocycles. The molecular weight excluding hydrogens is 344 g/mol. The highest BCUT2D eigenvalue weighted by molar-refractivity contribution is 5.82. The molecule has 8 heteroatoms. The summed E-state index contributed by atoms with van der Waals surface area (Å²) < 4.78 is 0. The van der Waals surface area contributed by atoms with Crippen LogP contribution in [0, 0.1) is 10.1 Å². The molecule has 0 saturated heterocycles. The Labute approximate surface area is 154 Å². The Kier molecular flexibility index (Phi) is 4.21. The molecule has 8 nitrogen and oxygen atoms in total. The van der Waals surface area contributed by atoms with E-state index >= 15 is 0 Å². The van der Waals surface area contributed by atoms with Crippen molar-refractivity contribution in [3.63, 3.8) is 0 Å². The molecule has 0 fully saturated rings. The van der Waals surface area contributed by atoms with Gasteiger partial charge in [0.25, 0.3) is 5.69 Å². The lowest BCUT2D eigenvalue weighted by Crippen LogP contribution is -2.01. The summed E-state index contributed by atoms with van der Waals surface area (Å²) in [5.41, 5.74) is 3.50. The molecule has 0 amide bonds. The predicted molar refractivity (Wildman–Crippen MR) is 103 cm³/mol. The second kappa shape index (κ2) is 6.83. The minimum absolute atomic E-state index is 0.0390. The Morgan fingerprint density at radius 2 is 1.93 bits per heavy atom. The van der Waals surface area contributed by atoms with Crippen LogP contribution in [-0.4, -0.2) is 25.1 Å². The summed E-state index contributed by atoms with van der Waals surface area (Å²) in [4.78, 5) is 19.5. The molecule has 2 N–H and O–H groups in total. The molecule has 2 heterocycles. The number of nitrogens with one attached hydrogen (secondary N) is 2. The van der Waals surface area contributed by atoms with Crippen LogP contribution in [0.3, 0.4) is 0 Å². The van der Waals surface area contributed by atoms with Gasteiger partial charge in [0.1, 0.15) is 5.82 Å². The van der Waals surface area contributed by atoms with E-state index in [1.54, 1.807) is 18.3 Å². The summed E-state index contributed by atoms with van der Waals surface area (Å²) >= 11 is 0. The molecule has 0 bridgehead atoms. The van der Waals surface area contributed by atoms with Gasteiger partial charge in [-0.2, -0.15) is 5.10 Å². The minimum Gasteiger partial charge on any atom is -0.340 e. The second-order valence-electron chi connectivity index (χ2n) is 6.02. The number of H-pyrrole nitrogens is 1. The first kappa shape index (κ1) is 16.6. The highest BCUT2D eigenvalue weighted by Crippen LogP contribution is 2.24. The van der Waals surface area contributed by atoms with E-state index in [2.05, 4.69) is 25.5 Å². The van der Waals surface area contributed by atoms with Crippen LogP contribution < -0.4 is 5.32 Å². The third-order valence-corrected chi connectivity index (χ3v) is 4.19. The van der Waals surface area contributed by atoms with E-state index in [9.17, 15) is 10.1 Å². The van der Waals surface area contributed by atoms with Crippen molar-refractivity contribution in [2.24, 2.45) is 0 Å². The normalized spacial score (nSPS) is 10.9. The number of rotatable bonds is 5. The van der Waals surface area contributed by atoms with Gasteiger partial charge < -0.3 is 5.32 Å². The maximum atomic E-state index is 10.8.